The zero-order valence-electron chi connectivity index (χ0n) is 12.3. The number of benzene rings is 1. The van der Waals surface area contributed by atoms with Crippen molar-refractivity contribution in [1.29, 1.82) is 0 Å². The molecule has 1 amide bonds. The number of anilines is 1. The maximum Gasteiger partial charge on any atom is 0.257 e. The van der Waals surface area contributed by atoms with Gasteiger partial charge in [-0.15, -0.1) is 11.3 Å². The summed E-state index contributed by atoms with van der Waals surface area (Å²) < 4.78 is 0. The number of rotatable bonds is 3. The molecule has 0 bridgehead atoms. The Hall–Kier alpha value is -1.72. The van der Waals surface area contributed by atoms with Gasteiger partial charge in [-0.3, -0.25) is 10.1 Å². The van der Waals surface area contributed by atoms with E-state index >= 15 is 0 Å². The highest BCUT2D eigenvalue weighted by Gasteiger charge is 2.14. The van der Waals surface area contributed by atoms with Crippen LogP contribution in [0.2, 0.25) is 0 Å². The van der Waals surface area contributed by atoms with Crippen LogP contribution in [0.4, 0.5) is 5.13 Å². The summed E-state index contributed by atoms with van der Waals surface area (Å²) in [6.07, 6.45) is 1.92. The molecular weight excluding hydrogens is 282 g/mol. The van der Waals surface area contributed by atoms with E-state index in [4.69, 9.17) is 0 Å². The van der Waals surface area contributed by atoms with E-state index in [1.165, 1.54) is 27.3 Å². The van der Waals surface area contributed by atoms with Crippen molar-refractivity contribution in [2.24, 2.45) is 0 Å². The number of carbonyl (C=O) groups excluding carboxylic acids is 1. The zero-order valence-corrected chi connectivity index (χ0v) is 13.1. The number of hydrogen-bond donors (Lipinski definition) is 2. The van der Waals surface area contributed by atoms with Crippen molar-refractivity contribution in [2.45, 2.75) is 33.2 Å². The molecule has 0 atom stereocenters. The molecule has 110 valence electrons. The number of thiazole rings is 1. The third-order valence-corrected chi connectivity index (χ3v) is 4.73. The van der Waals surface area contributed by atoms with E-state index in [1.807, 2.05) is 19.1 Å². The first-order chi connectivity index (χ1) is 10.2. The van der Waals surface area contributed by atoms with Gasteiger partial charge in [0.2, 0.25) is 0 Å². The lowest BCUT2D eigenvalue weighted by molar-refractivity contribution is 0.102. The smallest absolute Gasteiger partial charge is 0.257 e. The van der Waals surface area contributed by atoms with Crippen molar-refractivity contribution in [3.8, 4) is 0 Å². The average Bonchev–Trinajstić information content (AvgIpc) is 2.86. The van der Waals surface area contributed by atoms with E-state index in [9.17, 15) is 4.79 Å². The second-order valence-corrected chi connectivity index (χ2v) is 6.44. The SMILES string of the molecule is CCc1nc(NC(=O)c2ccc3c(c2)CNCC3)sc1C. The summed E-state index contributed by atoms with van der Waals surface area (Å²) in [7, 11) is 0. The predicted molar refractivity (Wildman–Crippen MR) is 86.0 cm³/mol. The van der Waals surface area contributed by atoms with Gasteiger partial charge in [0.1, 0.15) is 0 Å². The minimum Gasteiger partial charge on any atom is -0.312 e. The number of amides is 1. The van der Waals surface area contributed by atoms with Gasteiger partial charge in [0.15, 0.2) is 5.13 Å². The fourth-order valence-electron chi connectivity index (χ4n) is 2.60. The van der Waals surface area contributed by atoms with Crippen LogP contribution in [0, 0.1) is 6.92 Å². The maximum absolute atomic E-state index is 12.3. The fraction of sp³-hybridized carbons (Fsp3) is 0.375. The number of carbonyl (C=O) groups is 1. The molecular formula is C16H19N3OS. The summed E-state index contributed by atoms with van der Waals surface area (Å²) in [6.45, 7) is 5.96. The quantitative estimate of drug-likeness (QED) is 0.916. The van der Waals surface area contributed by atoms with Gasteiger partial charge in [-0.1, -0.05) is 13.0 Å². The summed E-state index contributed by atoms with van der Waals surface area (Å²) >= 11 is 1.54. The van der Waals surface area contributed by atoms with Crippen LogP contribution in [0.15, 0.2) is 18.2 Å². The van der Waals surface area contributed by atoms with Crippen molar-refractivity contribution in [1.82, 2.24) is 10.3 Å². The minimum atomic E-state index is -0.0835. The third-order valence-electron chi connectivity index (χ3n) is 3.80. The van der Waals surface area contributed by atoms with Crippen molar-refractivity contribution in [3.05, 3.63) is 45.5 Å². The normalized spacial score (nSPS) is 13.8. The van der Waals surface area contributed by atoms with Gasteiger partial charge in [0, 0.05) is 17.0 Å². The molecule has 2 aromatic rings. The first-order valence-corrected chi connectivity index (χ1v) is 8.09. The summed E-state index contributed by atoms with van der Waals surface area (Å²) in [6, 6.07) is 5.95. The summed E-state index contributed by atoms with van der Waals surface area (Å²) in [5, 5.41) is 6.93. The fourth-order valence-corrected chi connectivity index (χ4v) is 3.50. The lowest BCUT2D eigenvalue weighted by Gasteiger charge is -2.17. The van der Waals surface area contributed by atoms with Gasteiger partial charge in [0.05, 0.1) is 5.69 Å². The Morgan fingerprint density at radius 3 is 3.05 bits per heavy atom. The maximum atomic E-state index is 12.3. The summed E-state index contributed by atoms with van der Waals surface area (Å²) in [5.41, 5.74) is 4.32. The van der Waals surface area contributed by atoms with Crippen LogP contribution < -0.4 is 10.6 Å². The molecule has 2 heterocycles. The Balaban J connectivity index is 1.78. The molecule has 0 saturated carbocycles. The van der Waals surface area contributed by atoms with Gasteiger partial charge in [-0.25, -0.2) is 4.98 Å². The topological polar surface area (TPSA) is 54.0 Å². The van der Waals surface area contributed by atoms with E-state index in [2.05, 4.69) is 28.6 Å². The molecule has 0 fully saturated rings. The Labute approximate surface area is 128 Å². The molecule has 21 heavy (non-hydrogen) atoms. The van der Waals surface area contributed by atoms with Crippen LogP contribution >= 0.6 is 11.3 Å². The Morgan fingerprint density at radius 2 is 2.29 bits per heavy atom. The average molecular weight is 301 g/mol. The van der Waals surface area contributed by atoms with Crippen LogP contribution in [0.1, 0.15) is 39.0 Å². The standard InChI is InChI=1S/C16H19N3OS/c1-3-14-10(2)21-16(18-14)19-15(20)12-5-4-11-6-7-17-9-13(11)8-12/h4-5,8,17H,3,6-7,9H2,1-2H3,(H,18,19,20). The predicted octanol–water partition coefficient (Wildman–Crippen LogP) is 2.91. The molecule has 0 aliphatic carbocycles. The van der Waals surface area contributed by atoms with E-state index in [0.717, 1.165) is 31.6 Å². The molecule has 1 aromatic carbocycles. The highest BCUT2D eigenvalue weighted by Crippen LogP contribution is 2.23. The first kappa shape index (κ1) is 14.2. The van der Waals surface area contributed by atoms with E-state index in [1.54, 1.807) is 0 Å². The van der Waals surface area contributed by atoms with Gasteiger partial charge in [-0.2, -0.15) is 0 Å². The van der Waals surface area contributed by atoms with Crippen LogP contribution in [0.25, 0.3) is 0 Å². The van der Waals surface area contributed by atoms with Gasteiger partial charge in [-0.05, 0) is 49.6 Å². The molecule has 0 spiro atoms. The van der Waals surface area contributed by atoms with Crippen LogP contribution in [-0.2, 0) is 19.4 Å². The number of hydrogen-bond acceptors (Lipinski definition) is 4. The molecule has 0 saturated heterocycles. The van der Waals surface area contributed by atoms with Gasteiger partial charge in [0.25, 0.3) is 5.91 Å². The van der Waals surface area contributed by atoms with Crippen molar-refractivity contribution < 1.29 is 4.79 Å². The molecule has 4 nitrogen and oxygen atoms in total. The Bertz CT molecular complexity index is 678. The molecule has 3 rings (SSSR count). The Morgan fingerprint density at radius 1 is 1.43 bits per heavy atom. The molecule has 0 radical (unpaired) electrons. The number of nitrogens with zero attached hydrogens (tertiary/aromatic N) is 1. The Kier molecular flexibility index (Phi) is 4.03. The lowest BCUT2D eigenvalue weighted by Crippen LogP contribution is -2.24. The largest absolute Gasteiger partial charge is 0.312 e. The lowest BCUT2D eigenvalue weighted by atomic mass is 9.98. The second kappa shape index (κ2) is 5.95. The first-order valence-electron chi connectivity index (χ1n) is 7.27. The van der Waals surface area contributed by atoms with Crippen LogP contribution in [0.3, 0.4) is 0 Å². The highest BCUT2D eigenvalue weighted by atomic mass is 32.1. The van der Waals surface area contributed by atoms with E-state index < -0.39 is 0 Å². The number of fused-ring (bicyclic) bond motifs is 1. The third kappa shape index (κ3) is 2.99. The number of aryl methyl sites for hydroxylation is 2. The van der Waals surface area contributed by atoms with Crippen molar-refractivity contribution in [2.75, 3.05) is 11.9 Å². The number of nitrogens with one attached hydrogen (secondary N) is 2. The van der Waals surface area contributed by atoms with Crippen molar-refractivity contribution in [3.63, 3.8) is 0 Å². The number of aromatic nitrogens is 1. The molecule has 1 aliphatic rings. The van der Waals surface area contributed by atoms with Crippen LogP contribution in [0.5, 0.6) is 0 Å². The second-order valence-electron chi connectivity index (χ2n) is 5.24. The van der Waals surface area contributed by atoms with Gasteiger partial charge >= 0.3 is 0 Å². The summed E-state index contributed by atoms with van der Waals surface area (Å²) in [4.78, 5) is 18.0. The molecule has 1 aromatic heterocycles. The van der Waals surface area contributed by atoms with Crippen LogP contribution in [-0.4, -0.2) is 17.4 Å². The monoisotopic (exact) mass is 301 g/mol. The molecule has 0 unspecified atom stereocenters. The molecule has 2 N–H and O–H groups in total. The van der Waals surface area contributed by atoms with E-state index in [0.29, 0.717) is 10.7 Å². The zero-order chi connectivity index (χ0) is 14.8. The van der Waals surface area contributed by atoms with Crippen molar-refractivity contribution >= 4 is 22.4 Å². The molecule has 5 heteroatoms. The highest BCUT2D eigenvalue weighted by molar-refractivity contribution is 7.15. The molecule has 1 aliphatic heterocycles. The summed E-state index contributed by atoms with van der Waals surface area (Å²) in [5.74, 6) is -0.0835. The van der Waals surface area contributed by atoms with E-state index in [-0.39, 0.29) is 5.91 Å². The van der Waals surface area contributed by atoms with Gasteiger partial charge < -0.3 is 5.32 Å². The minimum absolute atomic E-state index is 0.0835.